The van der Waals surface area contributed by atoms with Crippen molar-refractivity contribution in [2.75, 3.05) is 0 Å². The van der Waals surface area contributed by atoms with Gasteiger partial charge in [-0.1, -0.05) is 26.0 Å². The highest BCUT2D eigenvalue weighted by Crippen LogP contribution is 2.12. The van der Waals surface area contributed by atoms with Gasteiger partial charge in [-0.15, -0.1) is 0 Å². The summed E-state index contributed by atoms with van der Waals surface area (Å²) < 4.78 is 0. The number of phenolic OH excluding ortho intramolecular Hbond substituents is 1. The molecule has 4 atom stereocenters. The molecule has 1 rings (SSSR count). The van der Waals surface area contributed by atoms with Gasteiger partial charge in [0.1, 0.15) is 23.9 Å². The van der Waals surface area contributed by atoms with E-state index in [4.69, 9.17) is 16.6 Å². The molecule has 1 aromatic carbocycles. The number of aromatic hydroxyl groups is 1. The molecule has 0 aliphatic carbocycles. The molecule has 14 nitrogen and oxygen atoms in total. The highest BCUT2D eigenvalue weighted by atomic mass is 16.4. The molecule has 14 heteroatoms. The Balaban J connectivity index is 3.00. The largest absolute Gasteiger partial charge is 0.508 e. The maximum Gasteiger partial charge on any atom is 0.326 e. The number of amides is 4. The molecule has 10 N–H and O–H groups in total. The molecule has 0 aromatic heterocycles. The topological polar surface area (TPSA) is 251 Å². The smallest absolute Gasteiger partial charge is 0.326 e. The van der Waals surface area contributed by atoms with Crippen LogP contribution in [-0.2, 0) is 35.2 Å². The first kappa shape index (κ1) is 32.8. The van der Waals surface area contributed by atoms with E-state index >= 15 is 0 Å². The quantitative estimate of drug-likeness (QED) is 0.117. The van der Waals surface area contributed by atoms with Crippen LogP contribution in [0.1, 0.15) is 51.5 Å². The summed E-state index contributed by atoms with van der Waals surface area (Å²) in [6, 6.07) is 0.871. The maximum absolute atomic E-state index is 13.1. The van der Waals surface area contributed by atoms with Gasteiger partial charge in [0.05, 0.1) is 6.04 Å². The Bertz CT molecular complexity index is 1030. The Morgan fingerprint density at radius 2 is 1.31 bits per heavy atom. The number of rotatable bonds is 17. The summed E-state index contributed by atoms with van der Waals surface area (Å²) in [5.41, 5.74) is 11.7. The number of hydrogen-bond donors (Lipinski definition) is 8. The van der Waals surface area contributed by atoms with Gasteiger partial charge >= 0.3 is 11.9 Å². The van der Waals surface area contributed by atoms with Crippen LogP contribution in [-0.4, -0.2) is 75.1 Å². The average molecular weight is 552 g/mol. The lowest BCUT2D eigenvalue weighted by atomic mass is 10.0. The molecule has 0 aliphatic rings. The van der Waals surface area contributed by atoms with Gasteiger partial charge in [-0.3, -0.25) is 24.0 Å². The second-order valence-electron chi connectivity index (χ2n) is 9.57. The second-order valence-corrected chi connectivity index (χ2v) is 9.57. The summed E-state index contributed by atoms with van der Waals surface area (Å²) >= 11 is 0. The molecule has 0 spiro atoms. The third-order valence-corrected chi connectivity index (χ3v) is 5.64. The monoisotopic (exact) mass is 551 g/mol. The number of nitrogens with one attached hydrogen (secondary N) is 3. The van der Waals surface area contributed by atoms with E-state index in [2.05, 4.69) is 16.0 Å². The van der Waals surface area contributed by atoms with Gasteiger partial charge in [-0.05, 0) is 49.3 Å². The molecule has 0 aliphatic heterocycles. The van der Waals surface area contributed by atoms with Gasteiger partial charge in [0.25, 0.3) is 0 Å². The van der Waals surface area contributed by atoms with Crippen molar-refractivity contribution in [1.29, 1.82) is 0 Å². The fraction of sp³-hybridized carbons (Fsp3) is 0.520. The molecule has 4 amide bonds. The zero-order chi connectivity index (χ0) is 29.7. The van der Waals surface area contributed by atoms with Crippen LogP contribution in [0.25, 0.3) is 0 Å². The number of nitrogens with two attached hydrogens (primary N) is 2. The summed E-state index contributed by atoms with van der Waals surface area (Å²) in [6.45, 7) is 3.53. The first-order valence-corrected chi connectivity index (χ1v) is 12.4. The number of benzene rings is 1. The minimum absolute atomic E-state index is 0.0321. The highest BCUT2D eigenvalue weighted by molar-refractivity contribution is 5.94. The van der Waals surface area contributed by atoms with Crippen LogP contribution in [0.2, 0.25) is 0 Å². The molecule has 0 radical (unpaired) electrons. The predicted octanol–water partition coefficient (Wildman–Crippen LogP) is -1.02. The van der Waals surface area contributed by atoms with Crippen molar-refractivity contribution in [2.24, 2.45) is 17.4 Å². The normalized spacial score (nSPS) is 13.9. The van der Waals surface area contributed by atoms with Gasteiger partial charge in [0, 0.05) is 12.8 Å². The van der Waals surface area contributed by atoms with Gasteiger partial charge in [0.15, 0.2) is 0 Å². The van der Waals surface area contributed by atoms with E-state index in [1.165, 1.54) is 12.1 Å². The maximum atomic E-state index is 13.1. The Labute approximate surface area is 225 Å². The molecule has 4 unspecified atom stereocenters. The second kappa shape index (κ2) is 15.9. The number of phenols is 1. The van der Waals surface area contributed by atoms with E-state index in [0.717, 1.165) is 0 Å². The SMILES string of the molecule is CC(C)CC(NC(=O)C(CCC(=O)O)NC(=O)C(N)Cc1ccc(O)cc1)C(=O)NC(CCC(N)=O)C(=O)O. The molecular formula is C25H37N5O9. The van der Waals surface area contributed by atoms with Crippen molar-refractivity contribution < 1.29 is 44.1 Å². The molecular weight excluding hydrogens is 514 g/mol. The van der Waals surface area contributed by atoms with Crippen molar-refractivity contribution in [3.63, 3.8) is 0 Å². The predicted molar refractivity (Wildman–Crippen MR) is 138 cm³/mol. The van der Waals surface area contributed by atoms with Crippen LogP contribution < -0.4 is 27.4 Å². The fourth-order valence-corrected chi connectivity index (χ4v) is 3.59. The third-order valence-electron chi connectivity index (χ3n) is 5.64. The number of primary amides is 1. The van der Waals surface area contributed by atoms with Crippen molar-refractivity contribution in [1.82, 2.24) is 16.0 Å². The van der Waals surface area contributed by atoms with E-state index < -0.39 is 66.2 Å². The molecule has 0 heterocycles. The number of hydrogen-bond acceptors (Lipinski definition) is 8. The molecule has 0 bridgehead atoms. The summed E-state index contributed by atoms with van der Waals surface area (Å²) in [4.78, 5) is 72.4. The number of carboxylic acid groups (broad SMARTS) is 2. The summed E-state index contributed by atoms with van der Waals surface area (Å²) in [5.74, 6) is -5.88. The van der Waals surface area contributed by atoms with Crippen LogP contribution in [0.15, 0.2) is 24.3 Å². The Hall–Kier alpha value is -4.20. The molecule has 216 valence electrons. The van der Waals surface area contributed by atoms with Gasteiger partial charge < -0.3 is 42.7 Å². The van der Waals surface area contributed by atoms with Crippen molar-refractivity contribution in [3.05, 3.63) is 29.8 Å². The van der Waals surface area contributed by atoms with Gasteiger partial charge in [-0.2, -0.15) is 0 Å². The zero-order valence-corrected chi connectivity index (χ0v) is 21.9. The van der Waals surface area contributed by atoms with Crippen LogP contribution in [0.3, 0.4) is 0 Å². The minimum Gasteiger partial charge on any atom is -0.508 e. The van der Waals surface area contributed by atoms with E-state index in [-0.39, 0.29) is 43.8 Å². The third kappa shape index (κ3) is 12.7. The first-order valence-electron chi connectivity index (χ1n) is 12.4. The van der Waals surface area contributed by atoms with Crippen LogP contribution in [0.5, 0.6) is 5.75 Å². The lowest BCUT2D eigenvalue weighted by Gasteiger charge is -2.26. The highest BCUT2D eigenvalue weighted by Gasteiger charge is 2.31. The van der Waals surface area contributed by atoms with Crippen molar-refractivity contribution in [2.45, 2.75) is 76.5 Å². The molecule has 39 heavy (non-hydrogen) atoms. The van der Waals surface area contributed by atoms with Gasteiger partial charge in [-0.25, -0.2) is 4.79 Å². The standard InChI is InChI=1S/C25H37N5O9/c1-13(2)11-19(24(37)29-18(25(38)39)7-9-20(27)32)30-23(36)17(8-10-21(33)34)28-22(35)16(26)12-14-3-5-15(31)6-4-14/h3-6,13,16-19,31H,7-12,26H2,1-2H3,(H2,27,32)(H,28,35)(H,29,37)(H,30,36)(H,33,34)(H,38,39). The Kier molecular flexibility index (Phi) is 13.4. The molecule has 0 saturated carbocycles. The molecule has 1 aromatic rings. The van der Waals surface area contributed by atoms with E-state index in [1.807, 2.05) is 0 Å². The van der Waals surface area contributed by atoms with Crippen molar-refractivity contribution >= 4 is 35.6 Å². The van der Waals surface area contributed by atoms with E-state index in [9.17, 15) is 39.0 Å². The number of carboxylic acids is 2. The fourth-order valence-electron chi connectivity index (χ4n) is 3.59. The number of aliphatic carboxylic acids is 2. The van der Waals surface area contributed by atoms with E-state index in [1.54, 1.807) is 26.0 Å². The average Bonchev–Trinajstić information content (AvgIpc) is 2.84. The van der Waals surface area contributed by atoms with Gasteiger partial charge in [0.2, 0.25) is 23.6 Å². The minimum atomic E-state index is -1.43. The summed E-state index contributed by atoms with van der Waals surface area (Å²) in [6.07, 6.45) is -1.15. The molecule has 0 fully saturated rings. The summed E-state index contributed by atoms with van der Waals surface area (Å²) in [5, 5.41) is 35.0. The van der Waals surface area contributed by atoms with Crippen molar-refractivity contribution in [3.8, 4) is 5.75 Å². The summed E-state index contributed by atoms with van der Waals surface area (Å²) in [7, 11) is 0. The lowest BCUT2D eigenvalue weighted by molar-refractivity contribution is -0.142. The van der Waals surface area contributed by atoms with Crippen LogP contribution in [0, 0.1) is 5.92 Å². The number of carbonyl (C=O) groups excluding carboxylic acids is 4. The Morgan fingerprint density at radius 1 is 0.795 bits per heavy atom. The zero-order valence-electron chi connectivity index (χ0n) is 21.9. The van der Waals surface area contributed by atoms with E-state index in [0.29, 0.717) is 5.56 Å². The number of carbonyl (C=O) groups is 6. The first-order chi connectivity index (χ1) is 18.2. The Morgan fingerprint density at radius 3 is 1.82 bits per heavy atom. The molecule has 0 saturated heterocycles. The lowest BCUT2D eigenvalue weighted by Crippen LogP contribution is -2.57. The van der Waals surface area contributed by atoms with Crippen LogP contribution >= 0.6 is 0 Å². The van der Waals surface area contributed by atoms with Crippen LogP contribution in [0.4, 0.5) is 0 Å².